The quantitative estimate of drug-likeness (QED) is 0.277. The first kappa shape index (κ1) is 13.9. The highest BCUT2D eigenvalue weighted by Gasteiger charge is 2.03. The van der Waals surface area contributed by atoms with Gasteiger partial charge in [-0.05, 0) is 24.5 Å². The molecule has 0 bridgehead atoms. The summed E-state index contributed by atoms with van der Waals surface area (Å²) >= 11 is 0. The van der Waals surface area contributed by atoms with Crippen LogP contribution in [0.3, 0.4) is 0 Å². The fourth-order valence-corrected chi connectivity index (χ4v) is 1.80. The molecule has 0 saturated carbocycles. The lowest BCUT2D eigenvalue weighted by Crippen LogP contribution is -2.15. The van der Waals surface area contributed by atoms with E-state index >= 15 is 0 Å². The van der Waals surface area contributed by atoms with Gasteiger partial charge in [-0.25, -0.2) is 0 Å². The van der Waals surface area contributed by atoms with Crippen LogP contribution in [0.5, 0.6) is 5.75 Å². The number of pyridine rings is 1. The molecule has 104 valence electrons. The molecule has 1 heterocycles. The van der Waals surface area contributed by atoms with Gasteiger partial charge in [0.1, 0.15) is 11.4 Å². The smallest absolute Gasteiger partial charge is 0.188 e. The van der Waals surface area contributed by atoms with E-state index in [0.29, 0.717) is 18.1 Å². The molecule has 5 nitrogen and oxygen atoms in total. The van der Waals surface area contributed by atoms with Gasteiger partial charge in [0, 0.05) is 12.3 Å². The number of hydrogen-bond donors (Lipinski definition) is 2. The molecule has 1 aromatic heterocycles. The van der Waals surface area contributed by atoms with Gasteiger partial charge >= 0.3 is 0 Å². The molecule has 0 saturated heterocycles. The number of amidine groups is 1. The molecule has 0 fully saturated rings. The molecule has 0 spiro atoms. The third kappa shape index (κ3) is 3.98. The van der Waals surface area contributed by atoms with Crippen LogP contribution >= 0.6 is 0 Å². The molecule has 0 radical (unpaired) electrons. The van der Waals surface area contributed by atoms with Crippen molar-refractivity contribution in [2.45, 2.75) is 12.8 Å². The van der Waals surface area contributed by atoms with E-state index in [2.05, 4.69) is 22.3 Å². The predicted molar refractivity (Wildman–Crippen MR) is 77.0 cm³/mol. The van der Waals surface area contributed by atoms with Gasteiger partial charge in [-0.15, -0.1) is 0 Å². The molecule has 3 N–H and O–H groups in total. The number of hydrogen-bond acceptors (Lipinski definition) is 4. The number of nitrogens with two attached hydrogens (primary N) is 1. The number of aromatic nitrogens is 1. The van der Waals surface area contributed by atoms with Crippen LogP contribution in [0.2, 0.25) is 0 Å². The molecule has 0 atom stereocenters. The van der Waals surface area contributed by atoms with Gasteiger partial charge in [-0.3, -0.25) is 4.98 Å². The maximum atomic E-state index is 8.60. The van der Waals surface area contributed by atoms with Gasteiger partial charge in [-0.1, -0.05) is 35.5 Å². The van der Waals surface area contributed by atoms with Crippen LogP contribution in [-0.4, -0.2) is 22.6 Å². The number of oxime groups is 1. The second kappa shape index (κ2) is 7.13. The summed E-state index contributed by atoms with van der Waals surface area (Å²) in [4.78, 5) is 3.99. The molecule has 0 amide bonds. The fourth-order valence-electron chi connectivity index (χ4n) is 1.80. The maximum absolute atomic E-state index is 8.60. The zero-order valence-electron chi connectivity index (χ0n) is 11.1. The maximum Gasteiger partial charge on any atom is 0.188 e. The van der Waals surface area contributed by atoms with E-state index in [9.17, 15) is 0 Å². The Kier molecular flexibility index (Phi) is 4.94. The number of aryl methyl sites for hydroxylation is 1. The van der Waals surface area contributed by atoms with E-state index in [0.717, 1.165) is 12.8 Å². The summed E-state index contributed by atoms with van der Waals surface area (Å²) < 4.78 is 5.63. The van der Waals surface area contributed by atoms with Crippen molar-refractivity contribution in [3.63, 3.8) is 0 Å². The first-order valence-corrected chi connectivity index (χ1v) is 6.40. The molecule has 0 aliphatic heterocycles. The topological polar surface area (TPSA) is 80.7 Å². The van der Waals surface area contributed by atoms with E-state index < -0.39 is 0 Å². The summed E-state index contributed by atoms with van der Waals surface area (Å²) in [6.07, 6.45) is 3.46. The molecular weight excluding hydrogens is 254 g/mol. The SMILES string of the molecule is NC(=NO)c1cc(OCCCc2ccccc2)ccn1. The lowest BCUT2D eigenvalue weighted by Gasteiger charge is -2.07. The highest BCUT2D eigenvalue weighted by Crippen LogP contribution is 2.12. The van der Waals surface area contributed by atoms with Gasteiger partial charge in [0.05, 0.1) is 6.61 Å². The first-order valence-electron chi connectivity index (χ1n) is 6.40. The van der Waals surface area contributed by atoms with Crippen molar-refractivity contribution < 1.29 is 9.94 Å². The summed E-state index contributed by atoms with van der Waals surface area (Å²) in [5, 5.41) is 11.5. The second-order valence-corrected chi connectivity index (χ2v) is 4.30. The van der Waals surface area contributed by atoms with Crippen LogP contribution < -0.4 is 10.5 Å². The van der Waals surface area contributed by atoms with Crippen LogP contribution in [-0.2, 0) is 6.42 Å². The van der Waals surface area contributed by atoms with Crippen molar-refractivity contribution in [3.8, 4) is 5.75 Å². The number of ether oxygens (including phenoxy) is 1. The highest BCUT2D eigenvalue weighted by atomic mass is 16.5. The molecule has 0 unspecified atom stereocenters. The zero-order valence-corrected chi connectivity index (χ0v) is 11.1. The number of nitrogens with zero attached hydrogens (tertiary/aromatic N) is 2. The van der Waals surface area contributed by atoms with Crippen LogP contribution in [0.25, 0.3) is 0 Å². The third-order valence-corrected chi connectivity index (χ3v) is 2.82. The Labute approximate surface area is 117 Å². The Morgan fingerprint density at radius 1 is 1.25 bits per heavy atom. The summed E-state index contributed by atoms with van der Waals surface area (Å²) in [7, 11) is 0. The lowest BCUT2D eigenvalue weighted by atomic mass is 10.1. The minimum Gasteiger partial charge on any atom is -0.493 e. The predicted octanol–water partition coefficient (Wildman–Crippen LogP) is 2.19. The van der Waals surface area contributed by atoms with Crippen LogP contribution in [0.15, 0.2) is 53.8 Å². The minimum atomic E-state index is -0.0280. The minimum absolute atomic E-state index is 0.0280. The summed E-state index contributed by atoms with van der Waals surface area (Å²) in [5.74, 6) is 0.634. The lowest BCUT2D eigenvalue weighted by molar-refractivity contribution is 0.310. The Bertz CT molecular complexity index is 570. The highest BCUT2D eigenvalue weighted by molar-refractivity contribution is 5.95. The zero-order chi connectivity index (χ0) is 14.2. The van der Waals surface area contributed by atoms with Crippen LogP contribution in [0.1, 0.15) is 17.7 Å². The van der Waals surface area contributed by atoms with Crippen molar-refractivity contribution in [1.29, 1.82) is 0 Å². The van der Waals surface area contributed by atoms with Gasteiger partial charge in [-0.2, -0.15) is 0 Å². The largest absolute Gasteiger partial charge is 0.493 e. The van der Waals surface area contributed by atoms with Crippen molar-refractivity contribution in [3.05, 3.63) is 59.9 Å². The van der Waals surface area contributed by atoms with E-state index in [1.54, 1.807) is 18.3 Å². The van der Waals surface area contributed by atoms with E-state index in [1.807, 2.05) is 18.2 Å². The Hall–Kier alpha value is -2.56. The number of rotatable bonds is 6. The molecule has 5 heteroatoms. The van der Waals surface area contributed by atoms with E-state index in [-0.39, 0.29) is 5.84 Å². The summed E-state index contributed by atoms with van der Waals surface area (Å²) in [5.41, 5.74) is 7.17. The molecule has 20 heavy (non-hydrogen) atoms. The van der Waals surface area contributed by atoms with Crippen LogP contribution in [0, 0.1) is 0 Å². The van der Waals surface area contributed by atoms with Crippen molar-refractivity contribution in [1.82, 2.24) is 4.98 Å². The van der Waals surface area contributed by atoms with Gasteiger partial charge in [0.25, 0.3) is 0 Å². The molecule has 1 aromatic carbocycles. The third-order valence-electron chi connectivity index (χ3n) is 2.82. The van der Waals surface area contributed by atoms with E-state index in [4.69, 9.17) is 15.7 Å². The standard InChI is InChI=1S/C15H17N3O2/c16-15(18-19)14-11-13(8-9-17-14)20-10-4-7-12-5-2-1-3-6-12/h1-3,5-6,8-9,11,19H,4,7,10H2,(H2,16,18). The summed E-state index contributed by atoms with van der Waals surface area (Å²) in [6.45, 7) is 0.606. The average molecular weight is 271 g/mol. The van der Waals surface area contributed by atoms with Gasteiger partial charge in [0.2, 0.25) is 0 Å². The summed E-state index contributed by atoms with van der Waals surface area (Å²) in [6, 6.07) is 13.7. The number of benzene rings is 1. The molecule has 0 aliphatic rings. The van der Waals surface area contributed by atoms with Crippen molar-refractivity contribution >= 4 is 5.84 Å². The molecule has 2 rings (SSSR count). The van der Waals surface area contributed by atoms with Crippen molar-refractivity contribution in [2.24, 2.45) is 10.9 Å². The van der Waals surface area contributed by atoms with Gasteiger partial charge in [0.15, 0.2) is 5.84 Å². The van der Waals surface area contributed by atoms with Crippen molar-refractivity contribution in [2.75, 3.05) is 6.61 Å². The first-order chi connectivity index (χ1) is 9.79. The molecular formula is C15H17N3O2. The average Bonchev–Trinajstić information content (AvgIpc) is 2.52. The Morgan fingerprint density at radius 3 is 2.80 bits per heavy atom. The fraction of sp³-hybridized carbons (Fsp3) is 0.200. The molecule has 0 aliphatic carbocycles. The Balaban J connectivity index is 1.82. The monoisotopic (exact) mass is 271 g/mol. The van der Waals surface area contributed by atoms with E-state index in [1.165, 1.54) is 5.56 Å². The Morgan fingerprint density at radius 2 is 2.05 bits per heavy atom. The second-order valence-electron chi connectivity index (χ2n) is 4.30. The van der Waals surface area contributed by atoms with Gasteiger partial charge < -0.3 is 15.7 Å². The molecule has 2 aromatic rings. The van der Waals surface area contributed by atoms with Crippen LogP contribution in [0.4, 0.5) is 0 Å². The normalized spacial score (nSPS) is 11.3.